The Morgan fingerprint density at radius 1 is 0.941 bits per heavy atom. The van der Waals surface area contributed by atoms with Gasteiger partial charge in [-0.1, -0.05) is 44.2 Å². The summed E-state index contributed by atoms with van der Waals surface area (Å²) in [4.78, 5) is 4.99. The molecule has 180 valence electrons. The number of ether oxygens (including phenoxy) is 2. The number of benzene rings is 3. The average molecular weight is 502 g/mol. The van der Waals surface area contributed by atoms with Gasteiger partial charge in [-0.3, -0.25) is 4.57 Å². The maximum Gasteiger partial charge on any atom is 0.243 e. The number of nitrogens with zero attached hydrogens (tertiary/aromatic N) is 3. The molecule has 0 bridgehead atoms. The van der Waals surface area contributed by atoms with Crippen molar-refractivity contribution in [3.05, 3.63) is 78.6 Å². The number of hydrogen-bond acceptors (Lipinski definition) is 5. The minimum Gasteiger partial charge on any atom is -0.495 e. The van der Waals surface area contributed by atoms with Crippen molar-refractivity contribution in [2.75, 3.05) is 20.2 Å². The van der Waals surface area contributed by atoms with E-state index in [1.54, 1.807) is 25.3 Å². The Kier molecular flexibility index (Phi) is 8.19. The zero-order chi connectivity index (χ0) is 23.4. The topological polar surface area (TPSA) is 73.7 Å². The average Bonchev–Trinajstić information content (AvgIpc) is 3.21. The molecule has 0 atom stereocenters. The van der Waals surface area contributed by atoms with Gasteiger partial charge in [0, 0.05) is 13.1 Å². The smallest absolute Gasteiger partial charge is 0.243 e. The minimum atomic E-state index is -3.60. The number of para-hydroxylation sites is 3. The molecule has 9 heteroatoms. The van der Waals surface area contributed by atoms with Crippen LogP contribution in [0, 0.1) is 0 Å². The van der Waals surface area contributed by atoms with Gasteiger partial charge in [0.2, 0.25) is 10.0 Å². The van der Waals surface area contributed by atoms with Crippen molar-refractivity contribution in [1.82, 2.24) is 13.9 Å². The lowest BCUT2D eigenvalue weighted by molar-refractivity contribution is 0.294. The molecule has 1 aromatic heterocycles. The summed E-state index contributed by atoms with van der Waals surface area (Å²) in [6.45, 7) is 4.67. The Labute approximate surface area is 206 Å². The first kappa shape index (κ1) is 25.6. The third-order valence-electron chi connectivity index (χ3n) is 5.48. The third kappa shape index (κ3) is 4.89. The van der Waals surface area contributed by atoms with Crippen LogP contribution < -0.4 is 9.47 Å². The SMILES string of the molecule is CCN(CC)S(=O)(=O)c1ccc2c(c1)nc(COc1ccccc1)n2-c1ccccc1OC.Cl. The van der Waals surface area contributed by atoms with E-state index in [1.807, 2.05) is 73.0 Å². The fraction of sp³-hybridized carbons (Fsp3) is 0.240. The van der Waals surface area contributed by atoms with Gasteiger partial charge in [0.25, 0.3) is 0 Å². The molecule has 0 radical (unpaired) electrons. The molecule has 34 heavy (non-hydrogen) atoms. The Morgan fingerprint density at radius 3 is 2.29 bits per heavy atom. The van der Waals surface area contributed by atoms with Crippen molar-refractivity contribution < 1.29 is 17.9 Å². The van der Waals surface area contributed by atoms with E-state index < -0.39 is 10.0 Å². The molecule has 0 aliphatic heterocycles. The zero-order valence-electron chi connectivity index (χ0n) is 19.3. The summed E-state index contributed by atoms with van der Waals surface area (Å²) in [5.41, 5.74) is 2.14. The van der Waals surface area contributed by atoms with E-state index in [2.05, 4.69) is 0 Å². The Bertz CT molecular complexity index is 1350. The summed E-state index contributed by atoms with van der Waals surface area (Å²) in [7, 11) is -1.98. The monoisotopic (exact) mass is 501 g/mol. The zero-order valence-corrected chi connectivity index (χ0v) is 21.0. The van der Waals surface area contributed by atoms with Gasteiger partial charge in [-0.2, -0.15) is 4.31 Å². The second kappa shape index (κ2) is 10.9. The molecule has 4 aromatic rings. The first-order chi connectivity index (χ1) is 16.0. The Morgan fingerprint density at radius 2 is 1.62 bits per heavy atom. The van der Waals surface area contributed by atoms with Gasteiger partial charge in [-0.25, -0.2) is 13.4 Å². The Balaban J connectivity index is 0.00000324. The lowest BCUT2D eigenvalue weighted by atomic mass is 10.2. The van der Waals surface area contributed by atoms with Crippen LogP contribution in [0.4, 0.5) is 0 Å². The Hall–Kier alpha value is -3.07. The van der Waals surface area contributed by atoms with Crippen LogP contribution >= 0.6 is 12.4 Å². The number of halogens is 1. The van der Waals surface area contributed by atoms with Gasteiger partial charge in [-0.15, -0.1) is 12.4 Å². The molecule has 0 spiro atoms. The van der Waals surface area contributed by atoms with Crippen LogP contribution in [0.3, 0.4) is 0 Å². The summed E-state index contributed by atoms with van der Waals surface area (Å²) in [6, 6.07) is 22.2. The van der Waals surface area contributed by atoms with Crippen molar-refractivity contribution in [1.29, 1.82) is 0 Å². The highest BCUT2D eigenvalue weighted by atomic mass is 35.5. The summed E-state index contributed by atoms with van der Waals surface area (Å²) < 4.78 is 41.1. The standard InChI is InChI=1S/C25H27N3O4S.ClH/c1-4-27(5-2)33(29,30)20-15-16-22-21(17-20)26-25(18-32-19-11-7-6-8-12-19)28(22)23-13-9-10-14-24(23)31-3;/h6-17H,4-5,18H2,1-3H3;1H. The number of rotatable bonds is 9. The van der Waals surface area contributed by atoms with Gasteiger partial charge in [0.15, 0.2) is 5.82 Å². The molecule has 0 unspecified atom stereocenters. The maximum absolute atomic E-state index is 13.1. The molecular formula is C25H28ClN3O4S. The van der Waals surface area contributed by atoms with Crippen molar-refractivity contribution in [2.24, 2.45) is 0 Å². The van der Waals surface area contributed by atoms with Gasteiger partial charge in [0.1, 0.15) is 18.1 Å². The number of aromatic nitrogens is 2. The summed E-state index contributed by atoms with van der Waals surface area (Å²) in [5, 5.41) is 0. The maximum atomic E-state index is 13.1. The molecule has 0 aliphatic rings. The van der Waals surface area contributed by atoms with Crippen molar-refractivity contribution in [3.8, 4) is 17.2 Å². The van der Waals surface area contributed by atoms with E-state index in [0.717, 1.165) is 17.0 Å². The minimum absolute atomic E-state index is 0. The molecule has 0 saturated carbocycles. The molecule has 3 aromatic carbocycles. The molecule has 0 saturated heterocycles. The molecule has 0 amide bonds. The van der Waals surface area contributed by atoms with Crippen LogP contribution in [-0.4, -0.2) is 42.5 Å². The van der Waals surface area contributed by atoms with Gasteiger partial charge >= 0.3 is 0 Å². The highest BCUT2D eigenvalue weighted by molar-refractivity contribution is 7.89. The predicted octanol–water partition coefficient (Wildman–Crippen LogP) is 5.07. The van der Waals surface area contributed by atoms with Gasteiger partial charge in [-0.05, 0) is 42.5 Å². The van der Waals surface area contributed by atoms with Crippen molar-refractivity contribution >= 4 is 33.5 Å². The van der Waals surface area contributed by atoms with Crippen LogP contribution in [0.15, 0.2) is 77.7 Å². The summed E-state index contributed by atoms with van der Waals surface area (Å²) >= 11 is 0. The van der Waals surface area contributed by atoms with E-state index in [9.17, 15) is 8.42 Å². The number of hydrogen-bond donors (Lipinski definition) is 0. The highest BCUT2D eigenvalue weighted by Crippen LogP contribution is 2.30. The molecule has 1 heterocycles. The fourth-order valence-corrected chi connectivity index (χ4v) is 5.31. The summed E-state index contributed by atoms with van der Waals surface area (Å²) in [5.74, 6) is 2.04. The van der Waals surface area contributed by atoms with Gasteiger partial charge in [0.05, 0.1) is 28.7 Å². The first-order valence-corrected chi connectivity index (χ1v) is 12.3. The number of imidazole rings is 1. The molecule has 0 N–H and O–H groups in total. The van der Waals surface area contributed by atoms with Crippen LogP contribution in [0.2, 0.25) is 0 Å². The largest absolute Gasteiger partial charge is 0.495 e. The van der Waals surface area contributed by atoms with E-state index in [-0.39, 0.29) is 23.9 Å². The lowest BCUT2D eigenvalue weighted by Gasteiger charge is -2.18. The number of methoxy groups -OCH3 is 1. The third-order valence-corrected chi connectivity index (χ3v) is 7.52. The van der Waals surface area contributed by atoms with Crippen LogP contribution in [0.5, 0.6) is 11.5 Å². The second-order valence-electron chi connectivity index (χ2n) is 7.38. The normalized spacial score (nSPS) is 11.4. The van der Waals surface area contributed by atoms with Gasteiger partial charge < -0.3 is 9.47 Å². The second-order valence-corrected chi connectivity index (χ2v) is 9.31. The lowest BCUT2D eigenvalue weighted by Crippen LogP contribution is -2.30. The molecular weight excluding hydrogens is 474 g/mol. The molecule has 4 rings (SSSR count). The quantitative estimate of drug-likeness (QED) is 0.320. The van der Waals surface area contributed by atoms with Crippen LogP contribution in [0.25, 0.3) is 16.7 Å². The van der Waals surface area contributed by atoms with Crippen LogP contribution in [-0.2, 0) is 16.6 Å². The number of sulfonamides is 1. The highest BCUT2D eigenvalue weighted by Gasteiger charge is 2.24. The van der Waals surface area contributed by atoms with Crippen LogP contribution in [0.1, 0.15) is 19.7 Å². The van der Waals surface area contributed by atoms with E-state index in [1.165, 1.54) is 4.31 Å². The molecule has 0 fully saturated rings. The molecule has 7 nitrogen and oxygen atoms in total. The van der Waals surface area contributed by atoms with Crippen molar-refractivity contribution in [3.63, 3.8) is 0 Å². The summed E-state index contributed by atoms with van der Waals surface area (Å²) in [6.07, 6.45) is 0. The fourth-order valence-electron chi connectivity index (χ4n) is 3.83. The van der Waals surface area contributed by atoms with E-state index in [0.29, 0.717) is 30.2 Å². The molecule has 0 aliphatic carbocycles. The van der Waals surface area contributed by atoms with E-state index in [4.69, 9.17) is 14.5 Å². The van der Waals surface area contributed by atoms with E-state index >= 15 is 0 Å². The predicted molar refractivity (Wildman–Crippen MR) is 136 cm³/mol. The number of fused-ring (bicyclic) bond motifs is 1. The first-order valence-electron chi connectivity index (χ1n) is 10.8. The van der Waals surface area contributed by atoms with Crippen molar-refractivity contribution in [2.45, 2.75) is 25.3 Å².